The summed E-state index contributed by atoms with van der Waals surface area (Å²) in [6, 6.07) is 7.12. The average Bonchev–Trinajstić information content (AvgIpc) is 2.88. The van der Waals surface area contributed by atoms with Crippen LogP contribution in [0.1, 0.15) is 42.9 Å². The lowest BCUT2D eigenvalue weighted by atomic mass is 9.92. The minimum Gasteiger partial charge on any atom is -0.320 e. The molecule has 1 aliphatic carbocycles. The van der Waals surface area contributed by atoms with Gasteiger partial charge >= 0.3 is 0 Å². The zero-order chi connectivity index (χ0) is 13.9. The SMILES string of the molecule is CNCCC1CCN(C2CCc3cc(Cl)ccc32)CC1. The molecule has 1 unspecified atom stereocenters. The number of benzene rings is 1. The zero-order valence-electron chi connectivity index (χ0n) is 12.4. The number of nitrogens with zero attached hydrogens (tertiary/aromatic N) is 1. The highest BCUT2D eigenvalue weighted by molar-refractivity contribution is 6.30. The van der Waals surface area contributed by atoms with E-state index < -0.39 is 0 Å². The largest absolute Gasteiger partial charge is 0.320 e. The Morgan fingerprint density at radius 1 is 1.25 bits per heavy atom. The summed E-state index contributed by atoms with van der Waals surface area (Å²) in [7, 11) is 2.05. The molecular weight excluding hydrogens is 268 g/mol. The third kappa shape index (κ3) is 3.03. The van der Waals surface area contributed by atoms with E-state index in [1.54, 1.807) is 0 Å². The highest BCUT2D eigenvalue weighted by atomic mass is 35.5. The molecule has 0 radical (unpaired) electrons. The molecule has 2 nitrogen and oxygen atoms in total. The highest BCUT2D eigenvalue weighted by Crippen LogP contribution is 2.38. The molecule has 20 heavy (non-hydrogen) atoms. The van der Waals surface area contributed by atoms with Crippen molar-refractivity contribution < 1.29 is 0 Å². The Balaban J connectivity index is 1.60. The van der Waals surface area contributed by atoms with Crippen LogP contribution < -0.4 is 5.32 Å². The normalized spacial score (nSPS) is 24.0. The van der Waals surface area contributed by atoms with Gasteiger partial charge in [0.05, 0.1) is 0 Å². The maximum absolute atomic E-state index is 6.10. The third-order valence-electron chi connectivity index (χ3n) is 5.04. The van der Waals surface area contributed by atoms with Gasteiger partial charge in [0.2, 0.25) is 0 Å². The van der Waals surface area contributed by atoms with Gasteiger partial charge in [-0.2, -0.15) is 0 Å². The molecule has 1 atom stereocenters. The summed E-state index contributed by atoms with van der Waals surface area (Å²) in [5.74, 6) is 0.921. The molecule has 0 bridgehead atoms. The van der Waals surface area contributed by atoms with Crippen LogP contribution in [-0.4, -0.2) is 31.6 Å². The molecule has 0 amide bonds. The van der Waals surface area contributed by atoms with Crippen LogP contribution in [-0.2, 0) is 6.42 Å². The number of piperidine rings is 1. The number of rotatable bonds is 4. The Bertz CT molecular complexity index is 452. The number of likely N-dealkylation sites (tertiary alicyclic amines) is 1. The first-order valence-electron chi connectivity index (χ1n) is 7.95. The number of hydrogen-bond donors (Lipinski definition) is 1. The average molecular weight is 293 g/mol. The van der Waals surface area contributed by atoms with Gasteiger partial charge in [0.25, 0.3) is 0 Å². The summed E-state index contributed by atoms with van der Waals surface area (Å²) in [6.45, 7) is 3.69. The van der Waals surface area contributed by atoms with E-state index in [0.717, 1.165) is 17.5 Å². The Kier molecular flexibility index (Phi) is 4.65. The molecule has 2 aliphatic rings. The monoisotopic (exact) mass is 292 g/mol. The first-order valence-corrected chi connectivity index (χ1v) is 8.32. The van der Waals surface area contributed by atoms with Crippen LogP contribution in [0.3, 0.4) is 0 Å². The van der Waals surface area contributed by atoms with Gasteiger partial charge in [-0.25, -0.2) is 0 Å². The third-order valence-corrected chi connectivity index (χ3v) is 5.28. The first kappa shape index (κ1) is 14.4. The lowest BCUT2D eigenvalue weighted by Gasteiger charge is -2.36. The van der Waals surface area contributed by atoms with E-state index in [4.69, 9.17) is 11.6 Å². The Hall–Kier alpha value is -0.570. The fourth-order valence-electron chi connectivity index (χ4n) is 3.84. The van der Waals surface area contributed by atoms with E-state index >= 15 is 0 Å². The fourth-order valence-corrected chi connectivity index (χ4v) is 4.04. The van der Waals surface area contributed by atoms with Gasteiger partial charge in [-0.15, -0.1) is 0 Å². The predicted molar refractivity (Wildman–Crippen MR) is 85.4 cm³/mol. The summed E-state index contributed by atoms with van der Waals surface area (Å²) in [5.41, 5.74) is 3.00. The molecule has 1 heterocycles. The zero-order valence-corrected chi connectivity index (χ0v) is 13.1. The second-order valence-electron chi connectivity index (χ2n) is 6.27. The lowest BCUT2D eigenvalue weighted by Crippen LogP contribution is -2.36. The van der Waals surface area contributed by atoms with Crippen LogP contribution in [0.15, 0.2) is 18.2 Å². The second kappa shape index (κ2) is 6.46. The standard InChI is InChI=1S/C17H25ClN2/c1-19-9-6-13-7-10-20(11-8-13)17-5-2-14-12-15(18)3-4-16(14)17/h3-4,12-13,17,19H,2,5-11H2,1H3. The molecular formula is C17H25ClN2. The van der Waals surface area contributed by atoms with Crippen LogP contribution in [0.5, 0.6) is 0 Å². The lowest BCUT2D eigenvalue weighted by molar-refractivity contribution is 0.129. The smallest absolute Gasteiger partial charge is 0.0408 e. The Labute approximate surface area is 127 Å². The quantitative estimate of drug-likeness (QED) is 0.911. The summed E-state index contributed by atoms with van der Waals surface area (Å²) >= 11 is 6.10. The van der Waals surface area contributed by atoms with Gasteiger partial charge < -0.3 is 5.32 Å². The molecule has 0 saturated carbocycles. The molecule has 1 aliphatic heterocycles. The van der Waals surface area contributed by atoms with E-state index in [2.05, 4.69) is 35.5 Å². The van der Waals surface area contributed by atoms with Crippen LogP contribution in [0.4, 0.5) is 0 Å². The molecule has 1 aromatic rings. The van der Waals surface area contributed by atoms with E-state index in [9.17, 15) is 0 Å². The van der Waals surface area contributed by atoms with E-state index in [-0.39, 0.29) is 0 Å². The predicted octanol–water partition coefficient (Wildman–Crippen LogP) is 3.65. The molecule has 110 valence electrons. The molecule has 3 heteroatoms. The molecule has 0 spiro atoms. The van der Waals surface area contributed by atoms with Crippen LogP contribution in [0, 0.1) is 5.92 Å². The van der Waals surface area contributed by atoms with Gasteiger partial charge in [-0.3, -0.25) is 4.90 Å². The van der Waals surface area contributed by atoms with E-state index in [1.165, 1.54) is 56.3 Å². The summed E-state index contributed by atoms with van der Waals surface area (Å²) < 4.78 is 0. The Morgan fingerprint density at radius 2 is 2.05 bits per heavy atom. The van der Waals surface area contributed by atoms with Crippen LogP contribution in [0.2, 0.25) is 5.02 Å². The van der Waals surface area contributed by atoms with Gasteiger partial charge in [-0.05, 0) is 88.0 Å². The minimum absolute atomic E-state index is 0.646. The van der Waals surface area contributed by atoms with Gasteiger partial charge in [0, 0.05) is 11.1 Å². The maximum Gasteiger partial charge on any atom is 0.0408 e. The number of hydrogen-bond acceptors (Lipinski definition) is 2. The van der Waals surface area contributed by atoms with Gasteiger partial charge in [-0.1, -0.05) is 17.7 Å². The van der Waals surface area contributed by atoms with Gasteiger partial charge in [0.1, 0.15) is 0 Å². The van der Waals surface area contributed by atoms with Gasteiger partial charge in [0.15, 0.2) is 0 Å². The molecule has 1 saturated heterocycles. The number of halogens is 1. The number of fused-ring (bicyclic) bond motifs is 1. The molecule has 1 aromatic carbocycles. The first-order chi connectivity index (χ1) is 9.78. The van der Waals surface area contributed by atoms with Crippen LogP contribution >= 0.6 is 11.6 Å². The number of nitrogens with one attached hydrogen (secondary N) is 1. The minimum atomic E-state index is 0.646. The van der Waals surface area contributed by atoms with E-state index in [1.807, 2.05) is 0 Å². The maximum atomic E-state index is 6.10. The van der Waals surface area contributed by atoms with E-state index in [0.29, 0.717) is 6.04 Å². The van der Waals surface area contributed by atoms with Crippen molar-refractivity contribution in [2.24, 2.45) is 5.92 Å². The summed E-state index contributed by atoms with van der Waals surface area (Å²) in [4.78, 5) is 2.70. The van der Waals surface area contributed by atoms with Crippen molar-refractivity contribution in [3.8, 4) is 0 Å². The topological polar surface area (TPSA) is 15.3 Å². The van der Waals surface area contributed by atoms with Crippen molar-refractivity contribution in [2.75, 3.05) is 26.7 Å². The van der Waals surface area contributed by atoms with Crippen molar-refractivity contribution >= 4 is 11.6 Å². The summed E-state index contributed by atoms with van der Waals surface area (Å²) in [6.07, 6.45) is 6.53. The number of aryl methyl sites for hydroxylation is 1. The second-order valence-corrected chi connectivity index (χ2v) is 6.71. The highest BCUT2D eigenvalue weighted by Gasteiger charge is 2.30. The molecule has 1 fully saturated rings. The summed E-state index contributed by atoms with van der Waals surface area (Å²) in [5, 5.41) is 4.16. The van der Waals surface area contributed by atoms with Crippen molar-refractivity contribution in [1.29, 1.82) is 0 Å². The van der Waals surface area contributed by atoms with Crippen molar-refractivity contribution in [3.05, 3.63) is 34.3 Å². The Morgan fingerprint density at radius 3 is 2.80 bits per heavy atom. The molecule has 1 N–H and O–H groups in total. The fraction of sp³-hybridized carbons (Fsp3) is 0.647. The van der Waals surface area contributed by atoms with Crippen molar-refractivity contribution in [2.45, 2.75) is 38.1 Å². The van der Waals surface area contributed by atoms with Crippen molar-refractivity contribution in [3.63, 3.8) is 0 Å². The van der Waals surface area contributed by atoms with Crippen LogP contribution in [0.25, 0.3) is 0 Å². The molecule has 3 rings (SSSR count). The van der Waals surface area contributed by atoms with Crippen molar-refractivity contribution in [1.82, 2.24) is 10.2 Å². The molecule has 0 aromatic heterocycles.